The second-order valence-electron chi connectivity index (χ2n) is 5.59. The minimum Gasteiger partial charge on any atom is -0.356 e. The highest BCUT2D eigenvalue weighted by Gasteiger charge is 2.26. The number of anilines is 1. The summed E-state index contributed by atoms with van der Waals surface area (Å²) in [5.74, 6) is 1.61. The molecule has 104 valence electrons. The average molecular weight is 262 g/mol. The molecule has 1 aromatic rings. The lowest BCUT2D eigenvalue weighted by Crippen LogP contribution is -2.39. The fourth-order valence-electron chi connectivity index (χ4n) is 3.02. The second-order valence-corrected chi connectivity index (χ2v) is 5.59. The standard InChI is InChI=1S/C14H22N4O/c1-2-11-5-3-7-17(9-11)13(19)12-10-18-8-4-6-15-14(18)16-12/h10-11H,2-9H2,1H3,(H,15,16). The molecular formula is C14H22N4O. The van der Waals surface area contributed by atoms with E-state index in [2.05, 4.69) is 21.8 Å². The van der Waals surface area contributed by atoms with Gasteiger partial charge in [0.15, 0.2) is 0 Å². The van der Waals surface area contributed by atoms with Crippen LogP contribution in [-0.2, 0) is 6.54 Å². The van der Waals surface area contributed by atoms with Gasteiger partial charge in [-0.05, 0) is 25.2 Å². The van der Waals surface area contributed by atoms with Crippen molar-refractivity contribution < 1.29 is 4.79 Å². The summed E-state index contributed by atoms with van der Waals surface area (Å²) in [5, 5.41) is 3.24. The number of likely N-dealkylation sites (tertiary alicyclic amines) is 1. The van der Waals surface area contributed by atoms with E-state index >= 15 is 0 Å². The summed E-state index contributed by atoms with van der Waals surface area (Å²) in [4.78, 5) is 18.9. The molecule has 0 aromatic carbocycles. The van der Waals surface area contributed by atoms with E-state index < -0.39 is 0 Å². The summed E-state index contributed by atoms with van der Waals surface area (Å²) >= 11 is 0. The first kappa shape index (κ1) is 12.5. The minimum atomic E-state index is 0.0989. The number of aromatic nitrogens is 2. The van der Waals surface area contributed by atoms with Crippen molar-refractivity contribution in [2.24, 2.45) is 5.92 Å². The van der Waals surface area contributed by atoms with Crippen LogP contribution >= 0.6 is 0 Å². The van der Waals surface area contributed by atoms with Crippen LogP contribution in [0.15, 0.2) is 6.20 Å². The number of fused-ring (bicyclic) bond motifs is 1. The van der Waals surface area contributed by atoms with Crippen molar-refractivity contribution in [1.82, 2.24) is 14.5 Å². The molecule has 1 atom stereocenters. The Labute approximate surface area is 114 Å². The van der Waals surface area contributed by atoms with E-state index in [0.717, 1.165) is 51.4 Å². The average Bonchev–Trinajstić information content (AvgIpc) is 2.90. The molecule has 1 amide bonds. The van der Waals surface area contributed by atoms with Gasteiger partial charge in [0, 0.05) is 32.4 Å². The number of rotatable bonds is 2. The van der Waals surface area contributed by atoms with E-state index in [0.29, 0.717) is 11.6 Å². The lowest BCUT2D eigenvalue weighted by atomic mass is 9.95. The van der Waals surface area contributed by atoms with E-state index in [4.69, 9.17) is 0 Å². The van der Waals surface area contributed by atoms with E-state index in [1.807, 2.05) is 11.1 Å². The van der Waals surface area contributed by atoms with Gasteiger partial charge in [-0.25, -0.2) is 4.98 Å². The molecule has 1 N–H and O–H groups in total. The number of carbonyl (C=O) groups is 1. The van der Waals surface area contributed by atoms with Crippen LogP contribution in [0, 0.1) is 5.92 Å². The van der Waals surface area contributed by atoms with Crippen LogP contribution in [0.25, 0.3) is 0 Å². The summed E-state index contributed by atoms with van der Waals surface area (Å²) in [6, 6.07) is 0. The Bertz CT molecular complexity index is 445. The predicted molar refractivity (Wildman–Crippen MR) is 74.3 cm³/mol. The fraction of sp³-hybridized carbons (Fsp3) is 0.714. The first-order valence-electron chi connectivity index (χ1n) is 7.38. The van der Waals surface area contributed by atoms with Gasteiger partial charge in [-0.15, -0.1) is 0 Å². The molecule has 1 unspecified atom stereocenters. The molecule has 2 aliphatic heterocycles. The molecule has 0 spiro atoms. The number of imidazole rings is 1. The van der Waals surface area contributed by atoms with E-state index in [9.17, 15) is 4.79 Å². The van der Waals surface area contributed by atoms with Gasteiger partial charge in [0.25, 0.3) is 5.91 Å². The zero-order chi connectivity index (χ0) is 13.2. The molecule has 2 aliphatic rings. The van der Waals surface area contributed by atoms with Crippen molar-refractivity contribution in [2.45, 2.75) is 39.2 Å². The number of carbonyl (C=O) groups excluding carboxylic acids is 1. The highest BCUT2D eigenvalue weighted by Crippen LogP contribution is 2.22. The molecule has 3 heterocycles. The Morgan fingerprint density at radius 1 is 1.47 bits per heavy atom. The maximum atomic E-state index is 12.5. The molecule has 0 saturated carbocycles. The van der Waals surface area contributed by atoms with E-state index in [-0.39, 0.29) is 5.91 Å². The van der Waals surface area contributed by atoms with Crippen LogP contribution in [0.5, 0.6) is 0 Å². The molecule has 1 fully saturated rings. The fourth-order valence-corrected chi connectivity index (χ4v) is 3.02. The van der Waals surface area contributed by atoms with Gasteiger partial charge in [-0.2, -0.15) is 0 Å². The topological polar surface area (TPSA) is 50.2 Å². The van der Waals surface area contributed by atoms with Crippen LogP contribution in [-0.4, -0.2) is 40.0 Å². The zero-order valence-corrected chi connectivity index (χ0v) is 11.6. The first-order valence-corrected chi connectivity index (χ1v) is 7.38. The quantitative estimate of drug-likeness (QED) is 0.886. The zero-order valence-electron chi connectivity index (χ0n) is 11.6. The Balaban J connectivity index is 1.74. The lowest BCUT2D eigenvalue weighted by Gasteiger charge is -2.31. The van der Waals surface area contributed by atoms with Crippen LogP contribution in [0.4, 0.5) is 5.95 Å². The number of amides is 1. The molecule has 1 aromatic heterocycles. The maximum absolute atomic E-state index is 12.5. The SMILES string of the molecule is CCC1CCCN(C(=O)c2cn3c(n2)NCCC3)C1. The third-order valence-corrected chi connectivity index (χ3v) is 4.24. The Hall–Kier alpha value is -1.52. The third kappa shape index (κ3) is 2.46. The van der Waals surface area contributed by atoms with Crippen molar-refractivity contribution in [3.05, 3.63) is 11.9 Å². The second kappa shape index (κ2) is 5.23. The number of hydrogen-bond donors (Lipinski definition) is 1. The number of piperidine rings is 1. The summed E-state index contributed by atoms with van der Waals surface area (Å²) < 4.78 is 2.05. The number of aryl methyl sites for hydroxylation is 1. The number of hydrogen-bond acceptors (Lipinski definition) is 3. The summed E-state index contributed by atoms with van der Waals surface area (Å²) in [6.07, 6.45) is 6.53. The van der Waals surface area contributed by atoms with Gasteiger partial charge in [0.1, 0.15) is 5.69 Å². The molecule has 0 bridgehead atoms. The van der Waals surface area contributed by atoms with Gasteiger partial charge in [0.05, 0.1) is 0 Å². The Morgan fingerprint density at radius 2 is 2.37 bits per heavy atom. The minimum absolute atomic E-state index is 0.0989. The van der Waals surface area contributed by atoms with Gasteiger partial charge >= 0.3 is 0 Å². The third-order valence-electron chi connectivity index (χ3n) is 4.24. The molecule has 0 aliphatic carbocycles. The van der Waals surface area contributed by atoms with Crippen molar-refractivity contribution in [2.75, 3.05) is 25.0 Å². The van der Waals surface area contributed by atoms with Crippen LogP contribution in [0.1, 0.15) is 43.1 Å². The molecule has 5 heteroatoms. The van der Waals surface area contributed by atoms with Gasteiger partial charge in [-0.3, -0.25) is 4.79 Å². The molecule has 1 saturated heterocycles. The van der Waals surface area contributed by atoms with E-state index in [1.54, 1.807) is 0 Å². The molecule has 3 rings (SSSR count). The summed E-state index contributed by atoms with van der Waals surface area (Å²) in [5.41, 5.74) is 0.598. The maximum Gasteiger partial charge on any atom is 0.274 e. The van der Waals surface area contributed by atoms with Crippen LogP contribution < -0.4 is 5.32 Å². The Morgan fingerprint density at radius 3 is 3.16 bits per heavy atom. The summed E-state index contributed by atoms with van der Waals surface area (Å²) in [7, 11) is 0. The number of nitrogens with zero attached hydrogens (tertiary/aromatic N) is 3. The Kier molecular flexibility index (Phi) is 3.44. The molecule has 19 heavy (non-hydrogen) atoms. The van der Waals surface area contributed by atoms with Crippen molar-refractivity contribution >= 4 is 11.9 Å². The molecule has 0 radical (unpaired) electrons. The molecule has 5 nitrogen and oxygen atoms in total. The van der Waals surface area contributed by atoms with Gasteiger partial charge in [-0.1, -0.05) is 13.3 Å². The van der Waals surface area contributed by atoms with Gasteiger partial charge < -0.3 is 14.8 Å². The normalized spacial score (nSPS) is 22.8. The number of nitrogens with one attached hydrogen (secondary N) is 1. The smallest absolute Gasteiger partial charge is 0.274 e. The lowest BCUT2D eigenvalue weighted by molar-refractivity contribution is 0.0666. The van der Waals surface area contributed by atoms with E-state index in [1.165, 1.54) is 6.42 Å². The summed E-state index contributed by atoms with van der Waals surface area (Å²) in [6.45, 7) is 5.89. The van der Waals surface area contributed by atoms with Crippen molar-refractivity contribution in [3.8, 4) is 0 Å². The van der Waals surface area contributed by atoms with Crippen LogP contribution in [0.2, 0.25) is 0 Å². The van der Waals surface area contributed by atoms with Crippen molar-refractivity contribution in [1.29, 1.82) is 0 Å². The predicted octanol–water partition coefficient (Wildman–Crippen LogP) is 1.96. The monoisotopic (exact) mass is 262 g/mol. The largest absolute Gasteiger partial charge is 0.356 e. The molecular weight excluding hydrogens is 240 g/mol. The highest BCUT2D eigenvalue weighted by atomic mass is 16.2. The highest BCUT2D eigenvalue weighted by molar-refractivity contribution is 5.92. The van der Waals surface area contributed by atoms with Crippen LogP contribution in [0.3, 0.4) is 0 Å². The van der Waals surface area contributed by atoms with Gasteiger partial charge in [0.2, 0.25) is 5.95 Å². The van der Waals surface area contributed by atoms with Crippen molar-refractivity contribution in [3.63, 3.8) is 0 Å². The first-order chi connectivity index (χ1) is 9.28.